The van der Waals surface area contributed by atoms with Crippen molar-refractivity contribution in [3.05, 3.63) is 109 Å². The first-order valence-corrected chi connectivity index (χ1v) is 11.1. The van der Waals surface area contributed by atoms with E-state index in [4.69, 9.17) is 4.42 Å². The zero-order chi connectivity index (χ0) is 23.2. The van der Waals surface area contributed by atoms with Gasteiger partial charge >= 0.3 is 0 Å². The lowest BCUT2D eigenvalue weighted by molar-refractivity contribution is -0.121. The Bertz CT molecular complexity index is 1360. The van der Waals surface area contributed by atoms with E-state index in [1.807, 2.05) is 79.0 Å². The molecule has 5 rings (SSSR count). The quantitative estimate of drug-likeness (QED) is 0.366. The minimum atomic E-state index is -0.0727. The van der Waals surface area contributed by atoms with Crippen molar-refractivity contribution in [1.29, 1.82) is 0 Å². The van der Waals surface area contributed by atoms with Gasteiger partial charge in [0.2, 0.25) is 17.7 Å². The average Bonchev–Trinajstić information content (AvgIpc) is 3.60. The highest BCUT2D eigenvalue weighted by atomic mass is 16.4. The van der Waals surface area contributed by atoms with E-state index in [2.05, 4.69) is 32.7 Å². The molecule has 0 radical (unpaired) electrons. The molecule has 0 saturated heterocycles. The fourth-order valence-corrected chi connectivity index (χ4v) is 3.65. The molecule has 7 heteroatoms. The van der Waals surface area contributed by atoms with Gasteiger partial charge in [0.15, 0.2) is 0 Å². The molecule has 0 atom stereocenters. The molecule has 0 aliphatic heterocycles. The Kier molecular flexibility index (Phi) is 6.25. The van der Waals surface area contributed by atoms with Crippen molar-refractivity contribution in [2.75, 3.05) is 0 Å². The number of rotatable bonds is 8. The third kappa shape index (κ3) is 5.10. The Hall–Kier alpha value is -4.52. The predicted molar refractivity (Wildman–Crippen MR) is 129 cm³/mol. The van der Waals surface area contributed by atoms with Gasteiger partial charge in [-0.1, -0.05) is 54.6 Å². The van der Waals surface area contributed by atoms with Gasteiger partial charge in [-0.3, -0.25) is 4.79 Å². The molecule has 2 heterocycles. The van der Waals surface area contributed by atoms with E-state index in [0.717, 1.165) is 27.9 Å². The molecule has 0 unspecified atom stereocenters. The molecule has 0 bridgehead atoms. The van der Waals surface area contributed by atoms with Crippen molar-refractivity contribution in [3.63, 3.8) is 0 Å². The number of aryl methyl sites for hydroxylation is 1. The number of benzene rings is 3. The Morgan fingerprint density at radius 1 is 0.853 bits per heavy atom. The topological polar surface area (TPSA) is 85.8 Å². The van der Waals surface area contributed by atoms with Crippen LogP contribution in [0.1, 0.15) is 17.9 Å². The lowest BCUT2D eigenvalue weighted by atomic mass is 10.0. The zero-order valence-electron chi connectivity index (χ0n) is 18.5. The summed E-state index contributed by atoms with van der Waals surface area (Å²) >= 11 is 0. The van der Waals surface area contributed by atoms with Crippen LogP contribution in [0.5, 0.6) is 0 Å². The first-order chi connectivity index (χ1) is 16.7. The van der Waals surface area contributed by atoms with Gasteiger partial charge in [-0.05, 0) is 47.0 Å². The minimum Gasteiger partial charge on any atom is -0.421 e. The van der Waals surface area contributed by atoms with Crippen LogP contribution >= 0.6 is 0 Å². The minimum absolute atomic E-state index is 0.0727. The summed E-state index contributed by atoms with van der Waals surface area (Å²) in [6, 6.07) is 27.9. The Balaban J connectivity index is 1.14. The van der Waals surface area contributed by atoms with Crippen molar-refractivity contribution in [2.45, 2.75) is 19.4 Å². The van der Waals surface area contributed by atoms with Crippen LogP contribution in [-0.4, -0.2) is 25.9 Å². The Morgan fingerprint density at radius 2 is 1.65 bits per heavy atom. The molecule has 5 aromatic rings. The summed E-state index contributed by atoms with van der Waals surface area (Å²) in [7, 11) is 0. The summed E-state index contributed by atoms with van der Waals surface area (Å²) in [5, 5.41) is 15.4. The van der Waals surface area contributed by atoms with Crippen LogP contribution in [0.15, 0.2) is 102 Å². The van der Waals surface area contributed by atoms with Crippen LogP contribution in [-0.2, 0) is 17.8 Å². The molecule has 7 nitrogen and oxygen atoms in total. The molecule has 2 aromatic heterocycles. The average molecular weight is 450 g/mol. The number of hydrogen-bond donors (Lipinski definition) is 1. The third-order valence-electron chi connectivity index (χ3n) is 5.44. The maximum atomic E-state index is 12.3. The van der Waals surface area contributed by atoms with Crippen molar-refractivity contribution in [2.24, 2.45) is 0 Å². The molecule has 3 aromatic carbocycles. The first-order valence-electron chi connectivity index (χ1n) is 11.1. The monoisotopic (exact) mass is 449 g/mol. The van der Waals surface area contributed by atoms with Crippen molar-refractivity contribution >= 4 is 5.91 Å². The normalized spacial score (nSPS) is 10.8. The van der Waals surface area contributed by atoms with Crippen LogP contribution in [0.2, 0.25) is 0 Å². The van der Waals surface area contributed by atoms with Crippen LogP contribution < -0.4 is 5.32 Å². The van der Waals surface area contributed by atoms with Crippen LogP contribution in [0.3, 0.4) is 0 Å². The maximum absolute atomic E-state index is 12.3. The van der Waals surface area contributed by atoms with Crippen molar-refractivity contribution in [1.82, 2.24) is 25.3 Å². The summed E-state index contributed by atoms with van der Waals surface area (Å²) in [6.45, 7) is 0.441. The van der Waals surface area contributed by atoms with E-state index in [-0.39, 0.29) is 12.3 Å². The van der Waals surface area contributed by atoms with E-state index in [9.17, 15) is 4.79 Å². The van der Waals surface area contributed by atoms with Crippen LogP contribution in [0, 0.1) is 0 Å². The second-order valence-corrected chi connectivity index (χ2v) is 7.84. The molecule has 0 aliphatic rings. The molecule has 0 fully saturated rings. The summed E-state index contributed by atoms with van der Waals surface area (Å²) in [4.78, 5) is 12.3. The predicted octanol–water partition coefficient (Wildman–Crippen LogP) is 4.84. The van der Waals surface area contributed by atoms with Gasteiger partial charge in [0.1, 0.15) is 0 Å². The molecule has 34 heavy (non-hydrogen) atoms. The van der Waals surface area contributed by atoms with E-state index in [1.54, 1.807) is 10.9 Å². The molecule has 1 N–H and O–H groups in total. The second kappa shape index (κ2) is 9.95. The standard InChI is InChI=1S/C27H23N5O2/c33-25(28-19-20-6-4-9-24(18-20)32-17-5-16-29-32)14-15-26-30-31-27(34-26)23-12-10-22(11-13-23)21-7-2-1-3-8-21/h1-13,16-18H,14-15,19H2,(H,28,33). The molecule has 0 saturated carbocycles. The van der Waals surface area contributed by atoms with Crippen molar-refractivity contribution < 1.29 is 9.21 Å². The molecule has 0 spiro atoms. The maximum Gasteiger partial charge on any atom is 0.247 e. The van der Waals surface area contributed by atoms with Gasteiger partial charge in [0.05, 0.1) is 5.69 Å². The number of nitrogens with one attached hydrogen (secondary N) is 1. The van der Waals surface area contributed by atoms with E-state index in [1.165, 1.54) is 0 Å². The SMILES string of the molecule is O=C(CCc1nnc(-c2ccc(-c3ccccc3)cc2)o1)NCc1cccc(-n2cccn2)c1. The van der Waals surface area contributed by atoms with Gasteiger partial charge in [-0.15, -0.1) is 10.2 Å². The van der Waals surface area contributed by atoms with Crippen LogP contribution in [0.4, 0.5) is 0 Å². The summed E-state index contributed by atoms with van der Waals surface area (Å²) in [5.74, 6) is 0.819. The molecule has 168 valence electrons. The lowest BCUT2D eigenvalue weighted by Crippen LogP contribution is -2.23. The lowest BCUT2D eigenvalue weighted by Gasteiger charge is -2.07. The fraction of sp³-hybridized carbons (Fsp3) is 0.111. The number of hydrogen-bond acceptors (Lipinski definition) is 5. The van der Waals surface area contributed by atoms with Crippen LogP contribution in [0.25, 0.3) is 28.3 Å². The number of carbonyl (C=O) groups excluding carboxylic acids is 1. The fourth-order valence-electron chi connectivity index (χ4n) is 3.65. The summed E-state index contributed by atoms with van der Waals surface area (Å²) in [5.41, 5.74) is 5.07. The Morgan fingerprint density at radius 3 is 2.44 bits per heavy atom. The van der Waals surface area contributed by atoms with E-state index < -0.39 is 0 Å². The summed E-state index contributed by atoms with van der Waals surface area (Å²) < 4.78 is 7.56. The number of amides is 1. The van der Waals surface area contributed by atoms with E-state index >= 15 is 0 Å². The number of aromatic nitrogens is 4. The molecular formula is C27H23N5O2. The van der Waals surface area contributed by atoms with Crippen molar-refractivity contribution in [3.8, 4) is 28.3 Å². The second-order valence-electron chi connectivity index (χ2n) is 7.84. The zero-order valence-corrected chi connectivity index (χ0v) is 18.5. The number of carbonyl (C=O) groups is 1. The largest absolute Gasteiger partial charge is 0.421 e. The Labute approximate surface area is 197 Å². The highest BCUT2D eigenvalue weighted by Gasteiger charge is 2.11. The number of nitrogens with zero attached hydrogens (tertiary/aromatic N) is 4. The van der Waals surface area contributed by atoms with E-state index in [0.29, 0.717) is 24.7 Å². The summed E-state index contributed by atoms with van der Waals surface area (Å²) in [6.07, 6.45) is 4.27. The molecule has 0 aliphatic carbocycles. The first kappa shape index (κ1) is 21.3. The van der Waals surface area contributed by atoms with Gasteiger partial charge in [0, 0.05) is 37.3 Å². The van der Waals surface area contributed by atoms with Gasteiger partial charge in [-0.25, -0.2) is 4.68 Å². The highest BCUT2D eigenvalue weighted by Crippen LogP contribution is 2.24. The smallest absolute Gasteiger partial charge is 0.247 e. The van der Waals surface area contributed by atoms with Gasteiger partial charge < -0.3 is 9.73 Å². The third-order valence-corrected chi connectivity index (χ3v) is 5.44. The molecule has 1 amide bonds. The van der Waals surface area contributed by atoms with Gasteiger partial charge in [0.25, 0.3) is 0 Å². The highest BCUT2D eigenvalue weighted by molar-refractivity contribution is 5.76. The van der Waals surface area contributed by atoms with Gasteiger partial charge in [-0.2, -0.15) is 5.10 Å². The molecular weight excluding hydrogens is 426 g/mol.